The summed E-state index contributed by atoms with van der Waals surface area (Å²) in [5, 5.41) is 5.35. The molecule has 1 amide bonds. The van der Waals surface area contributed by atoms with Crippen LogP contribution in [0.1, 0.15) is 28.5 Å². The molecule has 0 atom stereocenters. The van der Waals surface area contributed by atoms with E-state index in [4.69, 9.17) is 9.15 Å². The molecule has 1 N–H and O–H groups in total. The highest BCUT2D eigenvalue weighted by molar-refractivity contribution is 6.10. The molecule has 0 aliphatic rings. The van der Waals surface area contributed by atoms with Crippen LogP contribution in [0, 0.1) is 12.7 Å². The van der Waals surface area contributed by atoms with Crippen molar-refractivity contribution in [3.05, 3.63) is 107 Å². The maximum atomic E-state index is 13.9. The second kappa shape index (κ2) is 10.0. The summed E-state index contributed by atoms with van der Waals surface area (Å²) in [6, 6.07) is 20.6. The standard InChI is InChI=1S/C29H22FN3O4/c1-17-27-24(20(15-31-17)16-36-18(2)34)14-25(29(37-27)32-22-10-6-9-21(30)13-22)28(35)33-26-12-5-8-19-7-3-4-11-23(19)26/h3-15H,16H2,1-2H3,(H,33,35). The van der Waals surface area contributed by atoms with Crippen LogP contribution in [-0.4, -0.2) is 16.9 Å². The molecule has 0 bridgehead atoms. The number of rotatable bonds is 5. The molecule has 0 fully saturated rings. The number of fused-ring (bicyclic) bond motifs is 2. The fourth-order valence-corrected chi connectivity index (χ4v) is 4.02. The molecule has 7 nitrogen and oxygen atoms in total. The second-order valence-corrected chi connectivity index (χ2v) is 8.43. The van der Waals surface area contributed by atoms with Gasteiger partial charge in [-0.3, -0.25) is 14.6 Å². The average molecular weight is 496 g/mol. The molecule has 0 aliphatic heterocycles. The van der Waals surface area contributed by atoms with Gasteiger partial charge in [0.25, 0.3) is 5.91 Å². The maximum Gasteiger partial charge on any atom is 0.302 e. The summed E-state index contributed by atoms with van der Waals surface area (Å²) in [5.41, 5.74) is 2.51. The highest BCUT2D eigenvalue weighted by Crippen LogP contribution is 2.25. The van der Waals surface area contributed by atoms with E-state index in [0.29, 0.717) is 27.9 Å². The lowest BCUT2D eigenvalue weighted by Gasteiger charge is -2.12. The summed E-state index contributed by atoms with van der Waals surface area (Å²) in [4.78, 5) is 33.8. The van der Waals surface area contributed by atoms with E-state index in [1.807, 2.05) is 42.5 Å². The topological polar surface area (TPSA) is 93.8 Å². The van der Waals surface area contributed by atoms with Crippen LogP contribution in [0.15, 0.2) is 88.4 Å². The highest BCUT2D eigenvalue weighted by Gasteiger charge is 2.18. The van der Waals surface area contributed by atoms with E-state index in [0.717, 1.165) is 10.8 Å². The van der Waals surface area contributed by atoms with Crippen molar-refractivity contribution in [2.45, 2.75) is 20.5 Å². The van der Waals surface area contributed by atoms with Gasteiger partial charge in [-0.05, 0) is 42.6 Å². The number of hydrogen-bond acceptors (Lipinski definition) is 6. The van der Waals surface area contributed by atoms with Crippen LogP contribution in [-0.2, 0) is 16.1 Å². The second-order valence-electron chi connectivity index (χ2n) is 8.43. The van der Waals surface area contributed by atoms with Gasteiger partial charge in [0.05, 0.1) is 11.4 Å². The first-order valence-corrected chi connectivity index (χ1v) is 11.5. The zero-order valence-corrected chi connectivity index (χ0v) is 20.1. The summed E-state index contributed by atoms with van der Waals surface area (Å²) in [6.45, 7) is 3.02. The van der Waals surface area contributed by atoms with Crippen LogP contribution < -0.4 is 10.9 Å². The van der Waals surface area contributed by atoms with Crippen molar-refractivity contribution in [2.75, 3.05) is 5.32 Å². The predicted octanol–water partition coefficient (Wildman–Crippen LogP) is 5.98. The minimum absolute atomic E-state index is 0.00891. The third-order valence-corrected chi connectivity index (χ3v) is 5.80. The van der Waals surface area contributed by atoms with E-state index in [-0.39, 0.29) is 23.4 Å². The number of aromatic nitrogens is 1. The first-order valence-electron chi connectivity index (χ1n) is 11.5. The normalized spacial score (nSPS) is 11.6. The van der Waals surface area contributed by atoms with Crippen LogP contribution in [0.4, 0.5) is 15.8 Å². The first-order chi connectivity index (χ1) is 17.9. The largest absolute Gasteiger partial charge is 0.461 e. The van der Waals surface area contributed by atoms with Crippen molar-refractivity contribution in [2.24, 2.45) is 4.99 Å². The van der Waals surface area contributed by atoms with E-state index in [1.165, 1.54) is 25.1 Å². The number of carbonyl (C=O) groups is 2. The van der Waals surface area contributed by atoms with Crippen LogP contribution in [0.2, 0.25) is 0 Å². The monoisotopic (exact) mass is 495 g/mol. The molecular weight excluding hydrogens is 473 g/mol. The molecule has 0 aliphatic carbocycles. The molecule has 5 aromatic rings. The molecular formula is C29H22FN3O4. The Hall–Kier alpha value is -4.85. The number of aryl methyl sites for hydroxylation is 1. The molecule has 184 valence electrons. The van der Waals surface area contributed by atoms with E-state index < -0.39 is 17.7 Å². The molecule has 5 rings (SSSR count). The Bertz CT molecular complexity index is 1740. The summed E-state index contributed by atoms with van der Waals surface area (Å²) in [7, 11) is 0. The molecule has 0 saturated heterocycles. The van der Waals surface area contributed by atoms with Crippen LogP contribution in [0.25, 0.3) is 21.7 Å². The summed E-state index contributed by atoms with van der Waals surface area (Å²) >= 11 is 0. The number of amides is 1. The van der Waals surface area contributed by atoms with Gasteiger partial charge in [-0.2, -0.15) is 0 Å². The molecule has 37 heavy (non-hydrogen) atoms. The van der Waals surface area contributed by atoms with Crippen molar-refractivity contribution in [1.29, 1.82) is 0 Å². The third-order valence-electron chi connectivity index (χ3n) is 5.80. The van der Waals surface area contributed by atoms with Crippen LogP contribution >= 0.6 is 0 Å². The van der Waals surface area contributed by atoms with Crippen LogP contribution in [0.3, 0.4) is 0 Å². The van der Waals surface area contributed by atoms with Crippen molar-refractivity contribution in [3.63, 3.8) is 0 Å². The number of esters is 1. The van der Waals surface area contributed by atoms with Crippen molar-refractivity contribution in [3.8, 4) is 0 Å². The van der Waals surface area contributed by atoms with E-state index >= 15 is 0 Å². The number of anilines is 1. The summed E-state index contributed by atoms with van der Waals surface area (Å²) in [6.07, 6.45) is 1.58. The zero-order chi connectivity index (χ0) is 25.9. The number of hydrogen-bond donors (Lipinski definition) is 1. The van der Waals surface area contributed by atoms with Gasteiger partial charge in [0, 0.05) is 35.1 Å². The van der Waals surface area contributed by atoms with Gasteiger partial charge in [0.2, 0.25) is 5.55 Å². The van der Waals surface area contributed by atoms with Gasteiger partial charge >= 0.3 is 5.97 Å². The quantitative estimate of drug-likeness (QED) is 0.303. The molecule has 0 unspecified atom stereocenters. The Labute approximate surface area is 211 Å². The number of carbonyl (C=O) groups excluding carboxylic acids is 2. The number of pyridine rings is 1. The molecule has 8 heteroatoms. The van der Waals surface area contributed by atoms with Crippen molar-refractivity contribution >= 4 is 45.0 Å². The fraction of sp³-hybridized carbons (Fsp3) is 0.103. The molecule has 0 saturated carbocycles. The Morgan fingerprint density at radius 3 is 2.62 bits per heavy atom. The average Bonchev–Trinajstić information content (AvgIpc) is 2.88. The number of ether oxygens (including phenoxy) is 1. The van der Waals surface area contributed by atoms with E-state index in [2.05, 4.69) is 15.3 Å². The molecule has 2 aromatic heterocycles. The first kappa shape index (κ1) is 23.9. The van der Waals surface area contributed by atoms with Gasteiger partial charge < -0.3 is 14.5 Å². The number of benzene rings is 3. The minimum atomic E-state index is -0.468. The van der Waals surface area contributed by atoms with Gasteiger partial charge in [-0.25, -0.2) is 9.38 Å². The number of halogens is 1. The number of nitrogens with one attached hydrogen (secondary N) is 1. The van der Waals surface area contributed by atoms with Gasteiger partial charge in [0.15, 0.2) is 5.58 Å². The van der Waals surface area contributed by atoms with Crippen molar-refractivity contribution < 1.29 is 23.1 Å². The van der Waals surface area contributed by atoms with E-state index in [9.17, 15) is 14.0 Å². The number of nitrogens with zero attached hydrogens (tertiary/aromatic N) is 2. The predicted molar refractivity (Wildman–Crippen MR) is 138 cm³/mol. The van der Waals surface area contributed by atoms with Gasteiger partial charge in [0.1, 0.15) is 18.0 Å². The van der Waals surface area contributed by atoms with E-state index in [1.54, 1.807) is 25.3 Å². The molecule has 0 radical (unpaired) electrons. The Kier molecular flexibility index (Phi) is 6.47. The van der Waals surface area contributed by atoms with Crippen molar-refractivity contribution in [1.82, 2.24) is 4.98 Å². The van der Waals surface area contributed by atoms with Gasteiger partial charge in [-0.1, -0.05) is 42.5 Å². The Balaban J connectivity index is 1.69. The summed E-state index contributed by atoms with van der Waals surface area (Å²) < 4.78 is 25.1. The zero-order valence-electron chi connectivity index (χ0n) is 20.1. The lowest BCUT2D eigenvalue weighted by molar-refractivity contribution is -0.142. The SMILES string of the molecule is CC(=O)OCc1cnc(C)c2oc(=Nc3cccc(F)c3)c(C(=O)Nc3cccc4ccccc34)cc12. The van der Waals surface area contributed by atoms with Crippen LogP contribution in [0.5, 0.6) is 0 Å². The Morgan fingerprint density at radius 2 is 1.81 bits per heavy atom. The minimum Gasteiger partial charge on any atom is -0.461 e. The van der Waals surface area contributed by atoms with Gasteiger partial charge in [-0.15, -0.1) is 0 Å². The lowest BCUT2D eigenvalue weighted by Crippen LogP contribution is -2.22. The summed E-state index contributed by atoms with van der Waals surface area (Å²) in [5.74, 6) is -1.38. The third kappa shape index (κ3) is 5.08. The Morgan fingerprint density at radius 1 is 1.03 bits per heavy atom. The highest BCUT2D eigenvalue weighted by atomic mass is 19.1. The fourth-order valence-electron chi connectivity index (χ4n) is 4.02. The maximum absolute atomic E-state index is 13.9. The molecule has 2 heterocycles. The smallest absolute Gasteiger partial charge is 0.302 e. The lowest BCUT2D eigenvalue weighted by atomic mass is 10.1. The molecule has 3 aromatic carbocycles. The molecule has 0 spiro atoms.